The third-order valence-corrected chi connectivity index (χ3v) is 3.20. The van der Waals surface area contributed by atoms with Crippen LogP contribution in [0, 0.1) is 5.41 Å². The topological polar surface area (TPSA) is 38.7 Å². The molecule has 0 rings (SSSR count). The molecule has 3 heteroatoms. The van der Waals surface area contributed by atoms with Gasteiger partial charge in [-0.25, -0.2) is 0 Å². The van der Waals surface area contributed by atoms with Gasteiger partial charge in [-0.05, 0) is 18.8 Å². The zero-order valence-electron chi connectivity index (χ0n) is 11.5. The fraction of sp³-hybridized carbons (Fsp3) is 1.00. The molecular formula is C13H28O3. The summed E-state index contributed by atoms with van der Waals surface area (Å²) in [5.41, 5.74) is 0.0182. The van der Waals surface area contributed by atoms with Gasteiger partial charge in [0.15, 0.2) is 0 Å². The third kappa shape index (κ3) is 5.28. The van der Waals surface area contributed by atoms with Crippen molar-refractivity contribution in [3.05, 3.63) is 0 Å². The average Bonchev–Trinajstić information content (AvgIpc) is 2.16. The minimum Gasteiger partial charge on any atom is -0.394 e. The van der Waals surface area contributed by atoms with Crippen molar-refractivity contribution in [2.75, 3.05) is 26.4 Å². The van der Waals surface area contributed by atoms with Crippen LogP contribution in [0.25, 0.3) is 0 Å². The van der Waals surface area contributed by atoms with Gasteiger partial charge in [0.2, 0.25) is 0 Å². The molecule has 0 amide bonds. The van der Waals surface area contributed by atoms with Gasteiger partial charge in [0.05, 0.1) is 32.0 Å². The Bertz CT molecular complexity index is 175. The van der Waals surface area contributed by atoms with E-state index in [0.717, 1.165) is 12.8 Å². The van der Waals surface area contributed by atoms with Crippen molar-refractivity contribution in [3.8, 4) is 0 Å². The maximum Gasteiger partial charge on any atom is 0.0708 e. The van der Waals surface area contributed by atoms with Crippen molar-refractivity contribution in [2.24, 2.45) is 5.41 Å². The first-order valence-electron chi connectivity index (χ1n) is 6.20. The molecule has 0 bridgehead atoms. The second kappa shape index (κ2) is 7.25. The van der Waals surface area contributed by atoms with Crippen molar-refractivity contribution >= 4 is 0 Å². The van der Waals surface area contributed by atoms with Gasteiger partial charge in [-0.15, -0.1) is 0 Å². The standard InChI is InChI=1S/C13H28O3/c1-6-7-13(5,12(2,3)4)16-11-10-15-9-8-14/h14H,6-11H2,1-5H3. The van der Waals surface area contributed by atoms with E-state index >= 15 is 0 Å². The van der Waals surface area contributed by atoms with E-state index in [2.05, 4.69) is 34.6 Å². The fourth-order valence-corrected chi connectivity index (χ4v) is 1.63. The van der Waals surface area contributed by atoms with E-state index in [0.29, 0.717) is 19.8 Å². The van der Waals surface area contributed by atoms with Crippen LogP contribution < -0.4 is 0 Å². The summed E-state index contributed by atoms with van der Waals surface area (Å²) >= 11 is 0. The molecule has 0 aliphatic heterocycles. The van der Waals surface area contributed by atoms with Crippen LogP contribution in [0.15, 0.2) is 0 Å². The summed E-state index contributed by atoms with van der Waals surface area (Å²) < 4.78 is 11.2. The summed E-state index contributed by atoms with van der Waals surface area (Å²) in [7, 11) is 0. The van der Waals surface area contributed by atoms with Crippen molar-refractivity contribution in [1.82, 2.24) is 0 Å². The Morgan fingerprint density at radius 3 is 2.06 bits per heavy atom. The zero-order valence-corrected chi connectivity index (χ0v) is 11.5. The fourth-order valence-electron chi connectivity index (χ4n) is 1.63. The van der Waals surface area contributed by atoms with E-state index in [1.165, 1.54) is 0 Å². The molecular weight excluding hydrogens is 204 g/mol. The highest BCUT2D eigenvalue weighted by Gasteiger charge is 2.37. The van der Waals surface area contributed by atoms with Gasteiger partial charge in [0.1, 0.15) is 0 Å². The van der Waals surface area contributed by atoms with Crippen LogP contribution in [0.3, 0.4) is 0 Å². The quantitative estimate of drug-likeness (QED) is 0.654. The molecule has 1 unspecified atom stereocenters. The first kappa shape index (κ1) is 15.9. The molecule has 0 aliphatic rings. The van der Waals surface area contributed by atoms with Gasteiger partial charge < -0.3 is 14.6 Å². The van der Waals surface area contributed by atoms with Gasteiger partial charge in [-0.2, -0.15) is 0 Å². The van der Waals surface area contributed by atoms with Crippen LogP contribution in [-0.4, -0.2) is 37.1 Å². The van der Waals surface area contributed by atoms with Crippen LogP contribution in [0.5, 0.6) is 0 Å². The van der Waals surface area contributed by atoms with Gasteiger partial charge in [0.25, 0.3) is 0 Å². The normalized spacial score (nSPS) is 16.1. The Balaban J connectivity index is 4.04. The maximum atomic E-state index is 8.57. The summed E-state index contributed by atoms with van der Waals surface area (Å²) in [5, 5.41) is 8.57. The lowest BCUT2D eigenvalue weighted by Gasteiger charge is -2.42. The summed E-state index contributed by atoms with van der Waals surface area (Å²) in [6.07, 6.45) is 2.17. The van der Waals surface area contributed by atoms with E-state index in [9.17, 15) is 0 Å². The lowest BCUT2D eigenvalue weighted by molar-refractivity contribution is -0.123. The van der Waals surface area contributed by atoms with E-state index in [-0.39, 0.29) is 17.6 Å². The molecule has 0 aliphatic carbocycles. The Kier molecular flexibility index (Phi) is 7.20. The summed E-state index contributed by atoms with van der Waals surface area (Å²) in [6.45, 7) is 12.6. The van der Waals surface area contributed by atoms with Crippen LogP contribution >= 0.6 is 0 Å². The number of aliphatic hydroxyl groups excluding tert-OH is 1. The van der Waals surface area contributed by atoms with E-state index in [1.807, 2.05) is 0 Å². The average molecular weight is 232 g/mol. The molecule has 1 atom stereocenters. The second-order valence-corrected chi connectivity index (χ2v) is 5.42. The lowest BCUT2D eigenvalue weighted by Crippen LogP contribution is -2.43. The SMILES string of the molecule is CCCC(C)(OCCOCCO)C(C)(C)C. The van der Waals surface area contributed by atoms with Crippen molar-refractivity contribution < 1.29 is 14.6 Å². The van der Waals surface area contributed by atoms with E-state index in [4.69, 9.17) is 14.6 Å². The van der Waals surface area contributed by atoms with Gasteiger partial charge in [-0.3, -0.25) is 0 Å². The molecule has 3 nitrogen and oxygen atoms in total. The molecule has 0 saturated heterocycles. The first-order chi connectivity index (χ1) is 7.37. The lowest BCUT2D eigenvalue weighted by atomic mass is 9.75. The Morgan fingerprint density at radius 2 is 1.62 bits per heavy atom. The molecule has 0 aromatic carbocycles. The molecule has 0 fully saturated rings. The Hall–Kier alpha value is -0.120. The number of ether oxygens (including phenoxy) is 2. The van der Waals surface area contributed by atoms with Crippen LogP contribution in [0.4, 0.5) is 0 Å². The van der Waals surface area contributed by atoms with E-state index < -0.39 is 0 Å². The van der Waals surface area contributed by atoms with Crippen LogP contribution in [0.1, 0.15) is 47.5 Å². The molecule has 98 valence electrons. The molecule has 0 heterocycles. The molecule has 1 N–H and O–H groups in total. The van der Waals surface area contributed by atoms with Crippen molar-refractivity contribution in [1.29, 1.82) is 0 Å². The van der Waals surface area contributed by atoms with Crippen LogP contribution in [-0.2, 0) is 9.47 Å². The predicted molar refractivity (Wildman–Crippen MR) is 66.6 cm³/mol. The van der Waals surface area contributed by atoms with Crippen molar-refractivity contribution in [2.45, 2.75) is 53.1 Å². The minimum absolute atomic E-state index is 0.0749. The molecule has 16 heavy (non-hydrogen) atoms. The largest absolute Gasteiger partial charge is 0.394 e. The second-order valence-electron chi connectivity index (χ2n) is 5.42. The monoisotopic (exact) mass is 232 g/mol. The third-order valence-electron chi connectivity index (χ3n) is 3.20. The molecule has 0 radical (unpaired) electrons. The van der Waals surface area contributed by atoms with Gasteiger partial charge in [0, 0.05) is 0 Å². The molecule has 0 spiro atoms. The maximum absolute atomic E-state index is 8.57. The summed E-state index contributed by atoms with van der Waals surface area (Å²) in [6, 6.07) is 0. The molecule has 0 saturated carbocycles. The smallest absolute Gasteiger partial charge is 0.0708 e. The Morgan fingerprint density at radius 1 is 1.00 bits per heavy atom. The number of aliphatic hydroxyl groups is 1. The van der Waals surface area contributed by atoms with Gasteiger partial charge in [-0.1, -0.05) is 34.1 Å². The minimum atomic E-state index is -0.107. The number of hydrogen-bond acceptors (Lipinski definition) is 3. The summed E-state index contributed by atoms with van der Waals surface area (Å²) in [5.74, 6) is 0. The summed E-state index contributed by atoms with van der Waals surface area (Å²) in [4.78, 5) is 0. The van der Waals surface area contributed by atoms with Crippen LogP contribution in [0.2, 0.25) is 0 Å². The predicted octanol–water partition coefficient (Wildman–Crippen LogP) is 2.62. The first-order valence-corrected chi connectivity index (χ1v) is 6.20. The number of hydrogen-bond donors (Lipinski definition) is 1. The zero-order chi connectivity index (χ0) is 12.7. The molecule has 0 aromatic heterocycles. The van der Waals surface area contributed by atoms with Crippen molar-refractivity contribution in [3.63, 3.8) is 0 Å². The Labute approximate surface area is 100 Å². The highest BCUT2D eigenvalue weighted by atomic mass is 16.5. The highest BCUT2D eigenvalue weighted by Crippen LogP contribution is 2.37. The van der Waals surface area contributed by atoms with Gasteiger partial charge >= 0.3 is 0 Å². The highest BCUT2D eigenvalue weighted by molar-refractivity contribution is 4.87. The molecule has 0 aromatic rings. The number of rotatable bonds is 8. The van der Waals surface area contributed by atoms with E-state index in [1.54, 1.807) is 0 Å².